The fraction of sp³-hybridized carbons (Fsp3) is 0.647. The summed E-state index contributed by atoms with van der Waals surface area (Å²) in [6, 6.07) is 11.5. The Morgan fingerprint density at radius 2 is 2.10 bits per heavy atom. The molecule has 1 aliphatic heterocycles. The molecule has 3 atom stereocenters. The van der Waals surface area contributed by atoms with E-state index >= 15 is 0 Å². The molecule has 1 heterocycles. The Hall–Kier alpha value is -0.510. The van der Waals surface area contributed by atoms with Gasteiger partial charge in [-0.05, 0) is 37.3 Å². The molecule has 0 spiro atoms. The maximum absolute atomic E-state index is 3.75. The average Bonchev–Trinajstić information content (AvgIpc) is 2.44. The number of rotatable bonds is 5. The summed E-state index contributed by atoms with van der Waals surface area (Å²) in [7, 11) is 0. The Labute approximate surface area is 128 Å². The molecule has 112 valence electrons. The number of nitrogens with zero attached hydrogens (tertiary/aromatic N) is 1. The number of hydrogen-bond acceptors (Lipinski definition) is 3. The Morgan fingerprint density at radius 3 is 2.75 bits per heavy atom. The summed E-state index contributed by atoms with van der Waals surface area (Å²) < 4.78 is 0. The van der Waals surface area contributed by atoms with Gasteiger partial charge in [-0.2, -0.15) is 11.8 Å². The van der Waals surface area contributed by atoms with Gasteiger partial charge < -0.3 is 5.32 Å². The topological polar surface area (TPSA) is 15.3 Å². The van der Waals surface area contributed by atoms with Crippen molar-refractivity contribution >= 4 is 11.8 Å². The summed E-state index contributed by atoms with van der Waals surface area (Å²) in [5.74, 6) is 2.00. The van der Waals surface area contributed by atoms with Gasteiger partial charge in [0.1, 0.15) is 0 Å². The summed E-state index contributed by atoms with van der Waals surface area (Å²) in [4.78, 5) is 2.66. The van der Waals surface area contributed by atoms with Crippen LogP contribution < -0.4 is 5.32 Å². The van der Waals surface area contributed by atoms with Crippen LogP contribution >= 0.6 is 11.8 Å². The first-order valence-electron chi connectivity index (χ1n) is 7.58. The van der Waals surface area contributed by atoms with Gasteiger partial charge in [0.2, 0.25) is 0 Å². The Kier molecular flexibility index (Phi) is 5.53. The molecule has 3 unspecified atom stereocenters. The predicted molar refractivity (Wildman–Crippen MR) is 90.4 cm³/mol. The van der Waals surface area contributed by atoms with Crippen LogP contribution in [0.1, 0.15) is 26.3 Å². The quantitative estimate of drug-likeness (QED) is 0.897. The van der Waals surface area contributed by atoms with Crippen molar-refractivity contribution in [2.24, 2.45) is 5.92 Å². The van der Waals surface area contributed by atoms with E-state index in [4.69, 9.17) is 0 Å². The molecule has 0 amide bonds. The monoisotopic (exact) mass is 292 g/mol. The summed E-state index contributed by atoms with van der Waals surface area (Å²) in [5, 5.41) is 3.75. The number of nitrogens with one attached hydrogen (secondary N) is 1. The SMILES string of the molecule is CSCC(C)CN1CC(C)(c2ccccc2)NCC1C. The third-order valence-electron chi connectivity index (χ3n) is 4.34. The zero-order valence-corrected chi connectivity index (χ0v) is 14.0. The second-order valence-electron chi connectivity index (χ2n) is 6.42. The third-order valence-corrected chi connectivity index (χ3v) is 5.24. The van der Waals surface area contributed by atoms with Gasteiger partial charge in [-0.15, -0.1) is 0 Å². The van der Waals surface area contributed by atoms with Crippen LogP contribution in [0.2, 0.25) is 0 Å². The van der Waals surface area contributed by atoms with E-state index in [9.17, 15) is 0 Å². The average molecular weight is 292 g/mol. The van der Waals surface area contributed by atoms with E-state index in [0.717, 1.165) is 19.0 Å². The molecule has 1 aliphatic rings. The van der Waals surface area contributed by atoms with Crippen LogP contribution in [0.25, 0.3) is 0 Å². The predicted octanol–water partition coefficient (Wildman–Crippen LogP) is 3.19. The first kappa shape index (κ1) is 15.9. The van der Waals surface area contributed by atoms with Gasteiger partial charge in [0.05, 0.1) is 5.54 Å². The first-order chi connectivity index (χ1) is 9.55. The molecule has 1 fully saturated rings. The van der Waals surface area contributed by atoms with Crippen molar-refractivity contribution in [2.75, 3.05) is 31.6 Å². The van der Waals surface area contributed by atoms with E-state index < -0.39 is 0 Å². The van der Waals surface area contributed by atoms with Crippen molar-refractivity contribution in [2.45, 2.75) is 32.4 Å². The van der Waals surface area contributed by atoms with Crippen molar-refractivity contribution in [3.63, 3.8) is 0 Å². The van der Waals surface area contributed by atoms with E-state index in [1.54, 1.807) is 0 Å². The second-order valence-corrected chi connectivity index (χ2v) is 7.33. The normalized spacial score (nSPS) is 29.3. The van der Waals surface area contributed by atoms with Gasteiger partial charge in [0.15, 0.2) is 0 Å². The Morgan fingerprint density at radius 1 is 1.40 bits per heavy atom. The number of hydrogen-bond donors (Lipinski definition) is 1. The van der Waals surface area contributed by atoms with Crippen LogP contribution in [-0.4, -0.2) is 42.6 Å². The van der Waals surface area contributed by atoms with Crippen molar-refractivity contribution in [1.29, 1.82) is 0 Å². The van der Waals surface area contributed by atoms with Gasteiger partial charge in [-0.3, -0.25) is 4.90 Å². The zero-order valence-electron chi connectivity index (χ0n) is 13.2. The maximum atomic E-state index is 3.75. The molecule has 0 radical (unpaired) electrons. The minimum absolute atomic E-state index is 0.0762. The molecular formula is C17H28N2S. The Bertz CT molecular complexity index is 409. The smallest absolute Gasteiger partial charge is 0.0535 e. The standard InChI is InChI=1S/C17H28N2S/c1-14(12-20-4)11-19-13-17(3,18-10-15(19)2)16-8-6-5-7-9-16/h5-9,14-15,18H,10-13H2,1-4H3. The van der Waals surface area contributed by atoms with Crippen LogP contribution in [0.4, 0.5) is 0 Å². The third kappa shape index (κ3) is 3.78. The van der Waals surface area contributed by atoms with Crippen LogP contribution in [-0.2, 0) is 5.54 Å². The molecule has 2 rings (SSSR count). The van der Waals surface area contributed by atoms with Crippen LogP contribution in [0.15, 0.2) is 30.3 Å². The molecule has 1 N–H and O–H groups in total. The molecule has 1 aromatic rings. The minimum atomic E-state index is 0.0762. The largest absolute Gasteiger partial charge is 0.305 e. The molecule has 1 saturated heterocycles. The van der Waals surface area contributed by atoms with Crippen molar-refractivity contribution in [1.82, 2.24) is 10.2 Å². The van der Waals surface area contributed by atoms with Gasteiger partial charge in [0, 0.05) is 25.7 Å². The van der Waals surface area contributed by atoms with Crippen molar-refractivity contribution in [3.05, 3.63) is 35.9 Å². The lowest BCUT2D eigenvalue weighted by molar-refractivity contribution is 0.0841. The fourth-order valence-corrected chi connectivity index (χ4v) is 3.78. The number of piperazine rings is 1. The number of benzene rings is 1. The fourth-order valence-electron chi connectivity index (χ4n) is 3.10. The zero-order chi connectivity index (χ0) is 14.6. The van der Waals surface area contributed by atoms with Crippen molar-refractivity contribution < 1.29 is 0 Å². The molecule has 0 bridgehead atoms. The highest BCUT2D eigenvalue weighted by atomic mass is 32.2. The van der Waals surface area contributed by atoms with Gasteiger partial charge in [-0.25, -0.2) is 0 Å². The highest BCUT2D eigenvalue weighted by Gasteiger charge is 2.35. The summed E-state index contributed by atoms with van der Waals surface area (Å²) >= 11 is 1.95. The number of thioether (sulfide) groups is 1. The van der Waals surface area contributed by atoms with E-state index in [1.165, 1.54) is 17.9 Å². The lowest BCUT2D eigenvalue weighted by Gasteiger charge is -2.46. The van der Waals surface area contributed by atoms with Crippen LogP contribution in [0.3, 0.4) is 0 Å². The molecular weight excluding hydrogens is 264 g/mol. The highest BCUT2D eigenvalue weighted by Crippen LogP contribution is 2.27. The molecule has 0 aliphatic carbocycles. The van der Waals surface area contributed by atoms with Crippen LogP contribution in [0, 0.1) is 5.92 Å². The van der Waals surface area contributed by atoms with E-state index in [-0.39, 0.29) is 5.54 Å². The van der Waals surface area contributed by atoms with Gasteiger partial charge in [-0.1, -0.05) is 37.3 Å². The molecule has 20 heavy (non-hydrogen) atoms. The minimum Gasteiger partial charge on any atom is -0.305 e. The lowest BCUT2D eigenvalue weighted by atomic mass is 9.88. The molecule has 3 heteroatoms. The van der Waals surface area contributed by atoms with Crippen molar-refractivity contribution in [3.8, 4) is 0 Å². The van der Waals surface area contributed by atoms with Gasteiger partial charge in [0.25, 0.3) is 0 Å². The first-order valence-corrected chi connectivity index (χ1v) is 8.98. The molecule has 0 aromatic heterocycles. The second kappa shape index (κ2) is 6.97. The van der Waals surface area contributed by atoms with E-state index in [0.29, 0.717) is 6.04 Å². The van der Waals surface area contributed by atoms with E-state index in [1.807, 2.05) is 11.8 Å². The molecule has 0 saturated carbocycles. The summed E-state index contributed by atoms with van der Waals surface area (Å²) in [6.45, 7) is 10.4. The lowest BCUT2D eigenvalue weighted by Crippen LogP contribution is -2.61. The molecule has 2 nitrogen and oxygen atoms in total. The highest BCUT2D eigenvalue weighted by molar-refractivity contribution is 7.98. The maximum Gasteiger partial charge on any atom is 0.0535 e. The summed E-state index contributed by atoms with van der Waals surface area (Å²) in [5.41, 5.74) is 1.47. The van der Waals surface area contributed by atoms with E-state index in [2.05, 4.69) is 67.6 Å². The summed E-state index contributed by atoms with van der Waals surface area (Å²) in [6.07, 6.45) is 2.20. The Balaban J connectivity index is 2.07. The van der Waals surface area contributed by atoms with Gasteiger partial charge >= 0.3 is 0 Å². The van der Waals surface area contributed by atoms with Crippen LogP contribution in [0.5, 0.6) is 0 Å². The molecule has 1 aromatic carbocycles.